The van der Waals surface area contributed by atoms with Gasteiger partial charge in [-0.3, -0.25) is 4.79 Å². The molecule has 2 aliphatic heterocycles. The average molecular weight is 557 g/mol. The van der Waals surface area contributed by atoms with E-state index < -0.39 is 17.8 Å². The van der Waals surface area contributed by atoms with Gasteiger partial charge in [-0.25, -0.2) is 9.38 Å². The Hall–Kier alpha value is -3.49. The van der Waals surface area contributed by atoms with Crippen LogP contribution in [0.25, 0.3) is 0 Å². The highest BCUT2D eigenvalue weighted by Crippen LogP contribution is 2.45. The number of para-hydroxylation sites is 1. The molecule has 1 saturated heterocycles. The highest BCUT2D eigenvalue weighted by atomic mass is 35.5. The molecular formula is C28H27Cl2FN4O3. The standard InChI is InChI=1S/C28H27Cl2FN4O3/c1-37-25-10-9-19(30)16-24(25)35-23(17-26(36)38-2)21-7-4-8-22(31)27(21)32-28(35)34-13-11-33(12-14-34)20-6-3-5-18(29)15-20/h3-10,15-16,23H,11-14,17H2,1-2H3. The van der Waals surface area contributed by atoms with Crippen LogP contribution in [0.4, 0.5) is 21.5 Å². The molecule has 0 aliphatic carbocycles. The second-order valence-electron chi connectivity index (χ2n) is 9.03. The molecule has 0 radical (unpaired) electrons. The number of esters is 1. The zero-order valence-corrected chi connectivity index (χ0v) is 22.5. The third-order valence-corrected chi connectivity index (χ3v) is 7.31. The molecule has 0 saturated carbocycles. The number of anilines is 2. The molecule has 0 N–H and O–H groups in total. The molecule has 0 aromatic heterocycles. The number of halogens is 3. The van der Waals surface area contributed by atoms with E-state index >= 15 is 4.39 Å². The molecule has 5 rings (SSSR count). The number of fused-ring (bicyclic) bond motifs is 1. The van der Waals surface area contributed by atoms with Crippen LogP contribution in [-0.2, 0) is 9.53 Å². The highest BCUT2D eigenvalue weighted by molar-refractivity contribution is 6.31. The lowest BCUT2D eigenvalue weighted by Gasteiger charge is -2.45. The number of methoxy groups -OCH3 is 2. The van der Waals surface area contributed by atoms with Crippen molar-refractivity contribution < 1.29 is 18.7 Å². The van der Waals surface area contributed by atoms with Crippen LogP contribution < -0.4 is 14.5 Å². The van der Waals surface area contributed by atoms with Gasteiger partial charge in [0, 0.05) is 47.5 Å². The summed E-state index contributed by atoms with van der Waals surface area (Å²) in [6.07, 6.45) is -0.0237. The number of carbonyl (C=O) groups is 1. The SMILES string of the molecule is COC(=O)CC1c2cccc(F)c2N=C(N2CCN(c3cccc(Cl)c3)CC2)N1c1cc(Cl)ccc1OC. The van der Waals surface area contributed by atoms with Crippen molar-refractivity contribution in [3.8, 4) is 5.75 Å². The maximum absolute atomic E-state index is 15.1. The van der Waals surface area contributed by atoms with Crippen molar-refractivity contribution in [1.82, 2.24) is 4.90 Å². The van der Waals surface area contributed by atoms with Gasteiger partial charge in [-0.15, -0.1) is 0 Å². The van der Waals surface area contributed by atoms with E-state index in [4.69, 9.17) is 37.7 Å². The first-order chi connectivity index (χ1) is 18.4. The van der Waals surface area contributed by atoms with E-state index in [1.807, 2.05) is 29.2 Å². The number of nitrogens with zero attached hydrogens (tertiary/aromatic N) is 4. The third-order valence-electron chi connectivity index (χ3n) is 6.84. The van der Waals surface area contributed by atoms with Gasteiger partial charge in [0.1, 0.15) is 17.3 Å². The number of hydrogen-bond acceptors (Lipinski definition) is 7. The Morgan fingerprint density at radius 2 is 1.68 bits per heavy atom. The predicted octanol–water partition coefficient (Wildman–Crippen LogP) is 6.08. The van der Waals surface area contributed by atoms with Crippen molar-refractivity contribution in [3.05, 3.63) is 82.1 Å². The van der Waals surface area contributed by atoms with Crippen molar-refractivity contribution in [2.45, 2.75) is 12.5 Å². The molecule has 1 unspecified atom stereocenters. The van der Waals surface area contributed by atoms with Crippen LogP contribution in [0.15, 0.2) is 65.7 Å². The van der Waals surface area contributed by atoms with Crippen molar-refractivity contribution in [2.24, 2.45) is 4.99 Å². The minimum atomic E-state index is -0.598. The van der Waals surface area contributed by atoms with Crippen LogP contribution in [0, 0.1) is 5.82 Å². The molecule has 2 aliphatic rings. The van der Waals surface area contributed by atoms with Crippen LogP contribution in [0.5, 0.6) is 5.75 Å². The lowest BCUT2D eigenvalue weighted by Crippen LogP contribution is -2.55. The van der Waals surface area contributed by atoms with Crippen LogP contribution in [0.2, 0.25) is 10.0 Å². The summed E-state index contributed by atoms with van der Waals surface area (Å²) in [6.45, 7) is 2.62. The molecule has 0 spiro atoms. The van der Waals surface area contributed by atoms with Gasteiger partial charge in [-0.05, 0) is 42.5 Å². The maximum Gasteiger partial charge on any atom is 0.307 e. The summed E-state index contributed by atoms with van der Waals surface area (Å²) in [5.41, 5.74) is 2.46. The van der Waals surface area contributed by atoms with Crippen LogP contribution in [0.3, 0.4) is 0 Å². The quantitative estimate of drug-likeness (QED) is 0.355. The number of benzene rings is 3. The van der Waals surface area contributed by atoms with E-state index in [0.717, 1.165) is 5.69 Å². The van der Waals surface area contributed by atoms with Gasteiger partial charge in [0.2, 0.25) is 5.96 Å². The average Bonchev–Trinajstić information content (AvgIpc) is 2.93. The minimum Gasteiger partial charge on any atom is -0.495 e. The zero-order valence-electron chi connectivity index (χ0n) is 21.0. The minimum absolute atomic E-state index is 0.0237. The molecule has 3 aromatic rings. The first-order valence-corrected chi connectivity index (χ1v) is 13.0. The maximum atomic E-state index is 15.1. The van der Waals surface area contributed by atoms with Gasteiger partial charge in [0.05, 0.1) is 32.4 Å². The second kappa shape index (κ2) is 11.1. The fourth-order valence-electron chi connectivity index (χ4n) is 4.98. The molecule has 1 atom stereocenters. The number of aliphatic imine (C=N–C) groups is 1. The number of ether oxygens (including phenoxy) is 2. The fourth-order valence-corrected chi connectivity index (χ4v) is 5.33. The van der Waals surface area contributed by atoms with E-state index in [2.05, 4.69) is 9.80 Å². The fraction of sp³-hybridized carbons (Fsp3) is 0.286. The summed E-state index contributed by atoms with van der Waals surface area (Å²) >= 11 is 12.6. The summed E-state index contributed by atoms with van der Waals surface area (Å²) in [6, 6.07) is 17.2. The molecule has 1 fully saturated rings. The van der Waals surface area contributed by atoms with Gasteiger partial charge in [0.15, 0.2) is 0 Å². The summed E-state index contributed by atoms with van der Waals surface area (Å²) in [7, 11) is 2.91. The van der Waals surface area contributed by atoms with Crippen LogP contribution in [-0.4, -0.2) is 57.2 Å². The molecule has 0 bridgehead atoms. The van der Waals surface area contributed by atoms with Crippen molar-refractivity contribution in [3.63, 3.8) is 0 Å². The van der Waals surface area contributed by atoms with Crippen LogP contribution >= 0.6 is 23.2 Å². The van der Waals surface area contributed by atoms with Gasteiger partial charge in [-0.1, -0.05) is 41.4 Å². The van der Waals surface area contributed by atoms with E-state index in [0.29, 0.717) is 59.2 Å². The topological polar surface area (TPSA) is 57.6 Å². The Bertz CT molecular complexity index is 1380. The third kappa shape index (κ3) is 5.11. The smallest absolute Gasteiger partial charge is 0.307 e. The van der Waals surface area contributed by atoms with Crippen molar-refractivity contribution in [2.75, 3.05) is 50.2 Å². The normalized spacial score (nSPS) is 17.1. The Morgan fingerprint density at radius 1 is 0.974 bits per heavy atom. The molecule has 7 nitrogen and oxygen atoms in total. The molecule has 198 valence electrons. The Balaban J connectivity index is 1.59. The highest BCUT2D eigenvalue weighted by Gasteiger charge is 2.39. The molecule has 2 heterocycles. The summed E-state index contributed by atoms with van der Waals surface area (Å²) in [5, 5.41) is 1.17. The Morgan fingerprint density at radius 3 is 2.39 bits per heavy atom. The number of carbonyl (C=O) groups excluding carboxylic acids is 1. The Labute approximate surface area is 231 Å². The largest absolute Gasteiger partial charge is 0.495 e. The monoisotopic (exact) mass is 556 g/mol. The summed E-state index contributed by atoms with van der Waals surface area (Å²) in [4.78, 5) is 23.7. The Kier molecular flexibility index (Phi) is 7.63. The van der Waals surface area contributed by atoms with Gasteiger partial charge >= 0.3 is 5.97 Å². The zero-order chi connectivity index (χ0) is 26.8. The molecule has 10 heteroatoms. The summed E-state index contributed by atoms with van der Waals surface area (Å²) in [5.74, 6) is 0.186. The molecular weight excluding hydrogens is 530 g/mol. The number of piperazine rings is 1. The first-order valence-electron chi connectivity index (χ1n) is 12.2. The van der Waals surface area contributed by atoms with E-state index in [1.165, 1.54) is 13.2 Å². The van der Waals surface area contributed by atoms with Gasteiger partial charge < -0.3 is 24.2 Å². The number of hydrogen-bond donors (Lipinski definition) is 0. The molecule has 3 aromatic carbocycles. The predicted molar refractivity (Wildman–Crippen MR) is 149 cm³/mol. The van der Waals surface area contributed by atoms with Crippen LogP contribution in [0.1, 0.15) is 18.0 Å². The van der Waals surface area contributed by atoms with Gasteiger partial charge in [-0.2, -0.15) is 0 Å². The number of rotatable bonds is 5. The van der Waals surface area contributed by atoms with E-state index in [1.54, 1.807) is 37.4 Å². The number of guanidine groups is 1. The lowest BCUT2D eigenvalue weighted by molar-refractivity contribution is -0.141. The second-order valence-corrected chi connectivity index (χ2v) is 9.90. The van der Waals surface area contributed by atoms with Gasteiger partial charge in [0.25, 0.3) is 0 Å². The summed E-state index contributed by atoms with van der Waals surface area (Å²) < 4.78 is 25.8. The van der Waals surface area contributed by atoms with E-state index in [9.17, 15) is 4.79 Å². The lowest BCUT2D eigenvalue weighted by atomic mass is 9.97. The molecule has 0 amide bonds. The van der Waals surface area contributed by atoms with Crippen molar-refractivity contribution >= 4 is 52.2 Å². The van der Waals surface area contributed by atoms with E-state index in [-0.39, 0.29) is 12.1 Å². The first kappa shape index (κ1) is 26.1. The van der Waals surface area contributed by atoms with Crippen molar-refractivity contribution in [1.29, 1.82) is 0 Å². The molecule has 38 heavy (non-hydrogen) atoms.